The first-order valence-electron chi connectivity index (χ1n) is 11.6. The van der Waals surface area contributed by atoms with Gasteiger partial charge >= 0.3 is 23.9 Å². The van der Waals surface area contributed by atoms with Gasteiger partial charge < -0.3 is 29.6 Å². The third-order valence-electron chi connectivity index (χ3n) is 4.85. The molecular weight excluding hydrogens is 538 g/mol. The molecule has 0 radical (unpaired) electrons. The Morgan fingerprint density at radius 3 is 1.05 bits per heavy atom. The third kappa shape index (κ3) is 9.78. The predicted octanol–water partition coefficient (Wildman–Crippen LogP) is 2.27. The number of anilines is 2. The summed E-state index contributed by atoms with van der Waals surface area (Å²) in [5.41, 5.74) is 0.0829. The van der Waals surface area contributed by atoms with Crippen LogP contribution in [0.4, 0.5) is 20.2 Å². The number of amides is 2. The molecule has 0 aliphatic heterocycles. The summed E-state index contributed by atoms with van der Waals surface area (Å²) in [5, 5.41) is 4.66. The third-order valence-corrected chi connectivity index (χ3v) is 4.85. The number of hydrogen-bond acceptors (Lipinski definition) is 10. The zero-order valence-electron chi connectivity index (χ0n) is 21.8. The van der Waals surface area contributed by atoms with Crippen molar-refractivity contribution in [3.63, 3.8) is 0 Å². The highest BCUT2D eigenvalue weighted by atomic mass is 19.1. The monoisotopic (exact) mass is 564 g/mol. The van der Waals surface area contributed by atoms with Crippen LogP contribution in [-0.2, 0) is 47.7 Å². The summed E-state index contributed by atoms with van der Waals surface area (Å²) in [6.45, 7) is 3.68. The van der Waals surface area contributed by atoms with E-state index in [2.05, 4.69) is 10.6 Å². The van der Waals surface area contributed by atoms with Crippen LogP contribution in [0.1, 0.15) is 27.7 Å². The van der Waals surface area contributed by atoms with Crippen LogP contribution in [0.25, 0.3) is 0 Å². The van der Waals surface area contributed by atoms with Crippen LogP contribution in [-0.4, -0.2) is 60.1 Å². The smallest absolute Gasteiger partial charge is 0.303 e. The van der Waals surface area contributed by atoms with Crippen molar-refractivity contribution in [1.29, 1.82) is 0 Å². The molecule has 0 aromatic heterocycles. The maximum Gasteiger partial charge on any atom is 0.303 e. The number of carbonyl (C=O) groups excluding carboxylic acids is 6. The molecular formula is C26H26F2N2O10. The van der Waals surface area contributed by atoms with E-state index in [9.17, 15) is 37.5 Å². The molecule has 2 rings (SSSR count). The maximum absolute atomic E-state index is 13.3. The van der Waals surface area contributed by atoms with Crippen LogP contribution in [0.5, 0.6) is 0 Å². The van der Waals surface area contributed by atoms with Crippen molar-refractivity contribution in [1.82, 2.24) is 0 Å². The molecule has 214 valence electrons. The molecule has 40 heavy (non-hydrogen) atoms. The molecule has 0 aliphatic carbocycles. The number of hydrogen-bond donors (Lipinski definition) is 2. The number of rotatable bonds is 11. The van der Waals surface area contributed by atoms with Crippen molar-refractivity contribution in [3.05, 3.63) is 60.2 Å². The highest BCUT2D eigenvalue weighted by Gasteiger charge is 2.49. The van der Waals surface area contributed by atoms with E-state index < -0.39 is 71.7 Å². The van der Waals surface area contributed by atoms with E-state index in [1.807, 2.05) is 0 Å². The first-order chi connectivity index (χ1) is 18.8. The van der Waals surface area contributed by atoms with Crippen molar-refractivity contribution < 1.29 is 56.5 Å². The molecule has 14 heteroatoms. The van der Waals surface area contributed by atoms with E-state index in [-0.39, 0.29) is 11.4 Å². The Morgan fingerprint density at radius 2 is 0.800 bits per heavy atom. The van der Waals surface area contributed by atoms with Crippen LogP contribution >= 0.6 is 0 Å². The fraction of sp³-hybridized carbons (Fsp3) is 0.308. The fourth-order valence-corrected chi connectivity index (χ4v) is 3.38. The van der Waals surface area contributed by atoms with Gasteiger partial charge in [0.1, 0.15) is 11.6 Å². The summed E-state index contributed by atoms with van der Waals surface area (Å²) in [5.74, 6) is -7.70. The number of nitrogens with one attached hydrogen (secondary N) is 2. The summed E-state index contributed by atoms with van der Waals surface area (Å²) >= 11 is 0. The zero-order chi connectivity index (χ0) is 30.0. The van der Waals surface area contributed by atoms with Crippen LogP contribution in [0, 0.1) is 11.6 Å². The molecule has 0 unspecified atom stereocenters. The molecule has 2 aromatic rings. The van der Waals surface area contributed by atoms with E-state index in [4.69, 9.17) is 18.9 Å². The average Bonchev–Trinajstić information content (AvgIpc) is 2.85. The SMILES string of the molecule is CC(=O)O[C@H]([C@@H](OC(C)=O)[C@@H](OC(C)=O)C(=O)Nc1ccc(F)cc1)[C@H](OC(C)=O)C(=O)Nc1ccc(F)cc1. The van der Waals surface area contributed by atoms with Crippen LogP contribution < -0.4 is 10.6 Å². The van der Waals surface area contributed by atoms with Crippen LogP contribution in [0.2, 0.25) is 0 Å². The average molecular weight is 564 g/mol. The topological polar surface area (TPSA) is 163 Å². The van der Waals surface area contributed by atoms with Crippen LogP contribution in [0.15, 0.2) is 48.5 Å². The Kier molecular flexibility index (Phi) is 11.2. The molecule has 0 saturated heterocycles. The van der Waals surface area contributed by atoms with Crippen molar-refractivity contribution in [2.75, 3.05) is 10.6 Å². The minimum Gasteiger partial charge on any atom is -0.454 e. The Balaban J connectivity index is 2.58. The normalized spacial score (nSPS) is 13.4. The first-order valence-corrected chi connectivity index (χ1v) is 11.6. The lowest BCUT2D eigenvalue weighted by Gasteiger charge is -2.34. The second kappa shape index (κ2) is 14.3. The van der Waals surface area contributed by atoms with E-state index in [1.165, 1.54) is 24.3 Å². The quantitative estimate of drug-likeness (QED) is 0.306. The highest BCUT2D eigenvalue weighted by molar-refractivity contribution is 5.98. The zero-order valence-corrected chi connectivity index (χ0v) is 21.8. The number of carbonyl (C=O) groups is 6. The van der Waals surface area contributed by atoms with E-state index in [1.54, 1.807) is 0 Å². The van der Waals surface area contributed by atoms with Crippen LogP contribution in [0.3, 0.4) is 0 Å². The van der Waals surface area contributed by atoms with Gasteiger partial charge in [-0.3, -0.25) is 28.8 Å². The molecule has 2 amide bonds. The largest absolute Gasteiger partial charge is 0.454 e. The lowest BCUT2D eigenvalue weighted by molar-refractivity contribution is -0.198. The fourth-order valence-electron chi connectivity index (χ4n) is 3.38. The Morgan fingerprint density at radius 1 is 0.525 bits per heavy atom. The molecule has 0 aliphatic rings. The number of halogens is 2. The first kappa shape index (κ1) is 31.3. The van der Waals surface area contributed by atoms with Gasteiger partial charge in [-0.15, -0.1) is 0 Å². The lowest BCUT2D eigenvalue weighted by atomic mass is 10.00. The van der Waals surface area contributed by atoms with Crippen molar-refractivity contribution in [3.8, 4) is 0 Å². The standard InChI is InChI=1S/C26H26F2N2O10/c1-13(31)37-21(23(39-15(3)33)25(35)29-19-9-5-17(27)6-10-19)22(38-14(2)32)24(40-16(4)34)26(36)30-20-11-7-18(28)8-12-20/h5-12,21-24H,1-4H3,(H,29,35)(H,30,36)/t21-,22-,23-,24+/m1/s1. The number of esters is 4. The Hall–Kier alpha value is -4.88. The van der Waals surface area contributed by atoms with Crippen molar-refractivity contribution in [2.24, 2.45) is 0 Å². The van der Waals surface area contributed by atoms with Gasteiger partial charge in [0.05, 0.1) is 0 Å². The molecule has 0 bridgehead atoms. The van der Waals surface area contributed by atoms with Gasteiger partial charge in [0, 0.05) is 39.1 Å². The van der Waals surface area contributed by atoms with Crippen molar-refractivity contribution >= 4 is 47.1 Å². The highest BCUT2D eigenvalue weighted by Crippen LogP contribution is 2.23. The molecule has 4 atom stereocenters. The number of ether oxygens (including phenoxy) is 4. The summed E-state index contributed by atoms with van der Waals surface area (Å²) in [4.78, 5) is 74.5. The summed E-state index contributed by atoms with van der Waals surface area (Å²) < 4.78 is 47.2. The van der Waals surface area contributed by atoms with E-state index >= 15 is 0 Å². The second-order valence-corrected chi connectivity index (χ2v) is 8.20. The van der Waals surface area contributed by atoms with Gasteiger partial charge in [-0.25, -0.2) is 8.78 Å². The molecule has 0 spiro atoms. The number of benzene rings is 2. The minimum atomic E-state index is -2.08. The molecule has 0 heterocycles. The molecule has 2 N–H and O–H groups in total. The van der Waals surface area contributed by atoms with Gasteiger partial charge in [0.25, 0.3) is 11.8 Å². The predicted molar refractivity (Wildman–Crippen MR) is 132 cm³/mol. The van der Waals surface area contributed by atoms with Gasteiger partial charge in [-0.05, 0) is 48.5 Å². The molecule has 12 nitrogen and oxygen atoms in total. The van der Waals surface area contributed by atoms with Gasteiger partial charge in [0.2, 0.25) is 12.2 Å². The second-order valence-electron chi connectivity index (χ2n) is 8.20. The van der Waals surface area contributed by atoms with E-state index in [0.717, 1.165) is 52.0 Å². The minimum absolute atomic E-state index is 0.0414. The van der Waals surface area contributed by atoms with Gasteiger partial charge in [0.15, 0.2) is 12.2 Å². The molecule has 2 aromatic carbocycles. The van der Waals surface area contributed by atoms with E-state index in [0.29, 0.717) is 0 Å². The molecule has 0 fully saturated rings. The molecule has 0 saturated carbocycles. The van der Waals surface area contributed by atoms with Gasteiger partial charge in [-0.2, -0.15) is 0 Å². The summed E-state index contributed by atoms with van der Waals surface area (Å²) in [6, 6.07) is 8.83. The summed E-state index contributed by atoms with van der Waals surface area (Å²) in [7, 11) is 0. The lowest BCUT2D eigenvalue weighted by Crippen LogP contribution is -2.57. The van der Waals surface area contributed by atoms with Gasteiger partial charge in [-0.1, -0.05) is 0 Å². The van der Waals surface area contributed by atoms with Crippen molar-refractivity contribution in [2.45, 2.75) is 52.1 Å². The Bertz CT molecular complexity index is 1150. The Labute approximate surface area is 226 Å². The summed E-state index contributed by atoms with van der Waals surface area (Å²) in [6.07, 6.45) is -8.25. The maximum atomic E-state index is 13.3.